The molecule has 2 aromatic carbocycles. The van der Waals surface area contributed by atoms with Crippen LogP contribution in [-0.4, -0.2) is 36.6 Å². The summed E-state index contributed by atoms with van der Waals surface area (Å²) in [6.45, 7) is 1.26. The summed E-state index contributed by atoms with van der Waals surface area (Å²) in [5, 5.41) is 4.08. The first-order valence-corrected chi connectivity index (χ1v) is 10.7. The molecule has 2 fully saturated rings. The van der Waals surface area contributed by atoms with Crippen molar-refractivity contribution < 1.29 is 21.6 Å². The lowest BCUT2D eigenvalue weighted by Gasteiger charge is -2.15. The van der Waals surface area contributed by atoms with Gasteiger partial charge in [-0.25, -0.2) is 13.2 Å². The van der Waals surface area contributed by atoms with Crippen LogP contribution in [0.4, 0.5) is 19.0 Å². The molecule has 3 aromatic rings. The standard InChI is InChI=1S/C20H18F3N3O2S/c1-13-5-7-14(8-6-13)29(27,28)26-16-4-2-3-15(21)17(16)18(24-26)25-11-19(9-10-19)20(22,23)12-25/h2-8H,9-12H2,1H3. The molecular weight excluding hydrogens is 403 g/mol. The topological polar surface area (TPSA) is 55.2 Å². The zero-order chi connectivity index (χ0) is 20.6. The van der Waals surface area contributed by atoms with Crippen LogP contribution in [0.1, 0.15) is 18.4 Å². The Kier molecular flexibility index (Phi) is 3.66. The molecule has 29 heavy (non-hydrogen) atoms. The summed E-state index contributed by atoms with van der Waals surface area (Å²) in [5.41, 5.74) is -0.194. The summed E-state index contributed by atoms with van der Waals surface area (Å²) in [5.74, 6) is -3.66. The Morgan fingerprint density at radius 2 is 1.72 bits per heavy atom. The molecule has 152 valence electrons. The van der Waals surface area contributed by atoms with E-state index in [-0.39, 0.29) is 28.2 Å². The fourth-order valence-corrected chi connectivity index (χ4v) is 5.34. The number of benzene rings is 2. The maximum absolute atomic E-state index is 14.7. The molecule has 0 N–H and O–H groups in total. The second-order valence-corrected chi connectivity index (χ2v) is 9.73. The van der Waals surface area contributed by atoms with Crippen LogP contribution in [0.3, 0.4) is 0 Å². The minimum Gasteiger partial charge on any atom is -0.348 e. The molecule has 9 heteroatoms. The predicted octanol–water partition coefficient (Wildman–Crippen LogP) is 3.96. The van der Waals surface area contributed by atoms with E-state index < -0.39 is 33.7 Å². The van der Waals surface area contributed by atoms with E-state index in [2.05, 4.69) is 5.10 Å². The Morgan fingerprint density at radius 3 is 2.34 bits per heavy atom. The van der Waals surface area contributed by atoms with Gasteiger partial charge in [-0.1, -0.05) is 23.8 Å². The molecule has 2 heterocycles. The Hall–Kier alpha value is -2.55. The second-order valence-electron chi connectivity index (χ2n) is 7.96. The number of alkyl halides is 2. The van der Waals surface area contributed by atoms with Gasteiger partial charge in [0.2, 0.25) is 0 Å². The van der Waals surface area contributed by atoms with Crippen molar-refractivity contribution in [3.05, 3.63) is 53.8 Å². The first kappa shape index (κ1) is 18.5. The van der Waals surface area contributed by atoms with Crippen molar-refractivity contribution in [1.29, 1.82) is 0 Å². The number of aromatic nitrogens is 2. The smallest absolute Gasteiger partial charge is 0.283 e. The molecule has 0 bridgehead atoms. The van der Waals surface area contributed by atoms with E-state index in [0.29, 0.717) is 12.8 Å². The van der Waals surface area contributed by atoms with Crippen LogP contribution in [0.2, 0.25) is 0 Å². The summed E-state index contributed by atoms with van der Waals surface area (Å²) in [6, 6.07) is 10.2. The molecule has 5 nitrogen and oxygen atoms in total. The molecule has 1 aliphatic heterocycles. The predicted molar refractivity (Wildman–Crippen MR) is 102 cm³/mol. The van der Waals surface area contributed by atoms with Crippen molar-refractivity contribution in [3.63, 3.8) is 0 Å². The van der Waals surface area contributed by atoms with E-state index in [9.17, 15) is 21.6 Å². The highest BCUT2D eigenvalue weighted by Crippen LogP contribution is 2.61. The molecule has 1 spiro atoms. The Balaban J connectivity index is 1.69. The Bertz CT molecular complexity index is 1230. The van der Waals surface area contributed by atoms with E-state index in [1.165, 1.54) is 35.2 Å². The zero-order valence-electron chi connectivity index (χ0n) is 15.6. The second kappa shape index (κ2) is 5.75. The molecular formula is C20H18F3N3O2S. The molecule has 0 radical (unpaired) electrons. The Labute approximate surface area is 165 Å². The van der Waals surface area contributed by atoms with E-state index in [1.807, 2.05) is 6.92 Å². The lowest BCUT2D eigenvalue weighted by molar-refractivity contribution is -0.0334. The van der Waals surface area contributed by atoms with Gasteiger partial charge >= 0.3 is 0 Å². The molecule has 1 saturated carbocycles. The van der Waals surface area contributed by atoms with Crippen molar-refractivity contribution in [1.82, 2.24) is 9.19 Å². The summed E-state index contributed by atoms with van der Waals surface area (Å²) < 4.78 is 70.8. The average molecular weight is 421 g/mol. The van der Waals surface area contributed by atoms with E-state index >= 15 is 0 Å². The van der Waals surface area contributed by atoms with Crippen LogP contribution in [0, 0.1) is 18.2 Å². The van der Waals surface area contributed by atoms with E-state index in [1.54, 1.807) is 12.1 Å². The summed E-state index contributed by atoms with van der Waals surface area (Å²) >= 11 is 0. The first-order valence-electron chi connectivity index (χ1n) is 9.27. The summed E-state index contributed by atoms with van der Waals surface area (Å²) in [6.07, 6.45) is 0.804. The third kappa shape index (κ3) is 2.59. The fourth-order valence-electron chi connectivity index (χ4n) is 4.07. The number of fused-ring (bicyclic) bond motifs is 1. The summed E-state index contributed by atoms with van der Waals surface area (Å²) in [7, 11) is -4.12. The maximum atomic E-state index is 14.7. The van der Waals surface area contributed by atoms with Crippen LogP contribution >= 0.6 is 0 Å². The lowest BCUT2D eigenvalue weighted by atomic mass is 10.0. The third-order valence-corrected chi connectivity index (χ3v) is 7.57. The maximum Gasteiger partial charge on any atom is 0.283 e. The van der Waals surface area contributed by atoms with Crippen molar-refractivity contribution in [3.8, 4) is 0 Å². The van der Waals surface area contributed by atoms with Crippen molar-refractivity contribution in [2.24, 2.45) is 5.41 Å². The van der Waals surface area contributed by atoms with Gasteiger partial charge < -0.3 is 4.90 Å². The number of hydrogen-bond donors (Lipinski definition) is 0. The first-order chi connectivity index (χ1) is 13.6. The Morgan fingerprint density at radius 1 is 1.03 bits per heavy atom. The van der Waals surface area contributed by atoms with Crippen LogP contribution in [0.25, 0.3) is 10.9 Å². The third-order valence-electron chi connectivity index (χ3n) is 5.97. The van der Waals surface area contributed by atoms with Gasteiger partial charge in [-0.3, -0.25) is 0 Å². The van der Waals surface area contributed by atoms with Gasteiger partial charge in [0.25, 0.3) is 15.9 Å². The van der Waals surface area contributed by atoms with Gasteiger partial charge in [0.15, 0.2) is 5.82 Å². The van der Waals surface area contributed by atoms with Crippen LogP contribution < -0.4 is 4.90 Å². The minimum absolute atomic E-state index is 0.00581. The quantitative estimate of drug-likeness (QED) is 0.643. The van der Waals surface area contributed by atoms with Gasteiger partial charge in [0.05, 0.1) is 27.8 Å². The highest BCUT2D eigenvalue weighted by atomic mass is 32.2. The molecule has 1 saturated heterocycles. The average Bonchev–Trinajstić information content (AvgIpc) is 3.26. The fraction of sp³-hybridized carbons (Fsp3) is 0.350. The molecule has 1 aromatic heterocycles. The zero-order valence-corrected chi connectivity index (χ0v) is 16.4. The number of nitrogens with zero attached hydrogens (tertiary/aromatic N) is 3. The largest absolute Gasteiger partial charge is 0.348 e. The van der Waals surface area contributed by atoms with Gasteiger partial charge in [-0.05, 0) is 44.0 Å². The van der Waals surface area contributed by atoms with Crippen LogP contribution in [-0.2, 0) is 10.0 Å². The van der Waals surface area contributed by atoms with Crippen molar-refractivity contribution in [2.75, 3.05) is 18.0 Å². The molecule has 2 aliphatic rings. The lowest BCUT2D eigenvalue weighted by Crippen LogP contribution is -2.28. The van der Waals surface area contributed by atoms with Crippen molar-refractivity contribution >= 4 is 26.7 Å². The van der Waals surface area contributed by atoms with E-state index in [4.69, 9.17) is 0 Å². The van der Waals surface area contributed by atoms with Crippen molar-refractivity contribution in [2.45, 2.75) is 30.6 Å². The number of hydrogen-bond acceptors (Lipinski definition) is 4. The normalized spacial score (nSPS) is 19.9. The summed E-state index contributed by atoms with van der Waals surface area (Å²) in [4.78, 5) is 1.31. The van der Waals surface area contributed by atoms with Gasteiger partial charge in [-0.15, -0.1) is 5.10 Å². The molecule has 0 amide bonds. The number of anilines is 1. The molecule has 1 aliphatic carbocycles. The minimum atomic E-state index is -4.12. The van der Waals surface area contributed by atoms with Crippen LogP contribution in [0.5, 0.6) is 0 Å². The monoisotopic (exact) mass is 421 g/mol. The van der Waals surface area contributed by atoms with Gasteiger partial charge in [-0.2, -0.15) is 12.5 Å². The van der Waals surface area contributed by atoms with Crippen LogP contribution in [0.15, 0.2) is 47.4 Å². The number of rotatable bonds is 3. The molecule has 0 atom stereocenters. The SMILES string of the molecule is Cc1ccc(S(=O)(=O)n2nc(N3CC(F)(F)C4(CC4)C3)c3c(F)cccc32)cc1. The number of halogens is 3. The molecule has 5 rings (SSSR count). The molecule has 0 unspecified atom stereocenters. The number of aryl methyl sites for hydroxylation is 1. The highest BCUT2D eigenvalue weighted by Gasteiger charge is 2.67. The van der Waals surface area contributed by atoms with Gasteiger partial charge in [0, 0.05) is 6.54 Å². The van der Waals surface area contributed by atoms with E-state index in [0.717, 1.165) is 9.65 Å². The highest BCUT2D eigenvalue weighted by molar-refractivity contribution is 7.90. The van der Waals surface area contributed by atoms with Gasteiger partial charge in [0.1, 0.15) is 5.82 Å².